The van der Waals surface area contributed by atoms with Crippen molar-refractivity contribution in [3.63, 3.8) is 0 Å². The number of benzene rings is 1. The second-order valence-electron chi connectivity index (χ2n) is 6.88. The predicted octanol–water partition coefficient (Wildman–Crippen LogP) is 3.36. The molecule has 0 unspecified atom stereocenters. The van der Waals surface area contributed by atoms with Gasteiger partial charge in [0, 0.05) is 4.88 Å². The lowest BCUT2D eigenvalue weighted by atomic mass is 10.1. The molecule has 0 radical (unpaired) electrons. The van der Waals surface area contributed by atoms with Crippen LogP contribution in [0.25, 0.3) is 15.9 Å². The van der Waals surface area contributed by atoms with Crippen LogP contribution >= 0.6 is 11.3 Å². The number of hydrogen-bond acceptors (Lipinski definition) is 5. The lowest BCUT2D eigenvalue weighted by molar-refractivity contribution is 0.693. The molecule has 27 heavy (non-hydrogen) atoms. The average molecular weight is 377 g/mol. The highest BCUT2D eigenvalue weighted by Gasteiger charge is 2.19. The van der Waals surface area contributed by atoms with Crippen LogP contribution in [-0.2, 0) is 19.4 Å². The van der Waals surface area contributed by atoms with Crippen LogP contribution in [0.2, 0.25) is 0 Å². The van der Waals surface area contributed by atoms with Gasteiger partial charge in [0.05, 0.1) is 30.1 Å². The van der Waals surface area contributed by atoms with Crippen LogP contribution in [0, 0.1) is 0 Å². The van der Waals surface area contributed by atoms with Crippen molar-refractivity contribution in [3.8, 4) is 5.69 Å². The maximum atomic E-state index is 13.1. The molecular weight excluding hydrogens is 358 g/mol. The van der Waals surface area contributed by atoms with Gasteiger partial charge in [-0.25, -0.2) is 4.98 Å². The van der Waals surface area contributed by atoms with Gasteiger partial charge in [-0.05, 0) is 43.4 Å². The van der Waals surface area contributed by atoms with Crippen molar-refractivity contribution >= 4 is 21.6 Å². The van der Waals surface area contributed by atoms with Crippen molar-refractivity contribution in [1.82, 2.24) is 24.5 Å². The first-order chi connectivity index (χ1) is 13.3. The van der Waals surface area contributed by atoms with Crippen LogP contribution < -0.4 is 5.56 Å². The highest BCUT2D eigenvalue weighted by molar-refractivity contribution is 7.18. The van der Waals surface area contributed by atoms with E-state index in [9.17, 15) is 4.79 Å². The zero-order valence-corrected chi connectivity index (χ0v) is 15.7. The highest BCUT2D eigenvalue weighted by atomic mass is 32.1. The number of thiophene rings is 1. The monoisotopic (exact) mass is 377 g/mol. The summed E-state index contributed by atoms with van der Waals surface area (Å²) in [7, 11) is 0. The van der Waals surface area contributed by atoms with Crippen molar-refractivity contribution < 1.29 is 0 Å². The Balaban J connectivity index is 1.51. The van der Waals surface area contributed by atoms with Gasteiger partial charge in [0.25, 0.3) is 5.56 Å². The first-order valence-electron chi connectivity index (χ1n) is 9.26. The highest BCUT2D eigenvalue weighted by Crippen LogP contribution is 2.32. The average Bonchev–Trinajstić information content (AvgIpc) is 3.23. The first kappa shape index (κ1) is 16.4. The van der Waals surface area contributed by atoms with Crippen molar-refractivity contribution in [1.29, 1.82) is 0 Å². The van der Waals surface area contributed by atoms with Gasteiger partial charge in [-0.1, -0.05) is 24.6 Å². The Labute approximate surface area is 160 Å². The Morgan fingerprint density at radius 3 is 2.81 bits per heavy atom. The number of rotatable bonds is 3. The van der Waals surface area contributed by atoms with Gasteiger partial charge in [-0.3, -0.25) is 9.36 Å². The lowest BCUT2D eigenvalue weighted by Crippen LogP contribution is -2.21. The van der Waals surface area contributed by atoms with Crippen molar-refractivity contribution in [3.05, 3.63) is 69.3 Å². The molecule has 0 aliphatic heterocycles. The Hall–Kier alpha value is -2.80. The number of nitrogens with zero attached hydrogens (tertiary/aromatic N) is 5. The lowest BCUT2D eigenvalue weighted by Gasteiger charge is -2.04. The first-order valence-corrected chi connectivity index (χ1v) is 10.1. The third-order valence-electron chi connectivity index (χ3n) is 5.05. The van der Waals surface area contributed by atoms with Crippen molar-refractivity contribution in [2.75, 3.05) is 0 Å². The topological polar surface area (TPSA) is 65.6 Å². The van der Waals surface area contributed by atoms with Gasteiger partial charge in [0.2, 0.25) is 0 Å². The number of para-hydroxylation sites is 1. The van der Waals surface area contributed by atoms with E-state index in [4.69, 9.17) is 0 Å². The Bertz CT molecular complexity index is 1160. The molecule has 0 saturated heterocycles. The van der Waals surface area contributed by atoms with Crippen LogP contribution in [-0.4, -0.2) is 24.5 Å². The fraction of sp³-hybridized carbons (Fsp3) is 0.300. The molecule has 5 rings (SSSR count). The van der Waals surface area contributed by atoms with E-state index < -0.39 is 0 Å². The number of fused-ring (bicyclic) bond motifs is 3. The molecule has 0 atom stereocenters. The van der Waals surface area contributed by atoms with Crippen LogP contribution in [0.3, 0.4) is 0 Å². The van der Waals surface area contributed by atoms with Crippen LogP contribution in [0.5, 0.6) is 0 Å². The standard InChI is InChI=1S/C20H19N5OS/c26-20-18-16-9-5-2-6-10-17(16)27-19(18)21-13-24(20)12-14-11-22-25(23-14)15-7-3-1-4-8-15/h1,3-4,7-8,11,13H,2,5-6,9-10,12H2. The fourth-order valence-corrected chi connectivity index (χ4v) is 4.92. The SMILES string of the molecule is O=c1c2c3c(sc2ncn1Cc1cnn(-c2ccccc2)n1)CCCCC3. The minimum Gasteiger partial charge on any atom is -0.292 e. The van der Waals surface area contributed by atoms with E-state index in [1.54, 1.807) is 33.2 Å². The summed E-state index contributed by atoms with van der Waals surface area (Å²) in [6.45, 7) is 0.374. The maximum absolute atomic E-state index is 13.1. The fourth-order valence-electron chi connectivity index (χ4n) is 3.70. The zero-order chi connectivity index (χ0) is 18.2. The van der Waals surface area contributed by atoms with Crippen LogP contribution in [0.15, 0.2) is 47.7 Å². The van der Waals surface area contributed by atoms with E-state index in [1.165, 1.54) is 23.3 Å². The minimum absolute atomic E-state index is 0.0358. The molecule has 6 nitrogen and oxygen atoms in total. The molecule has 1 aliphatic rings. The Morgan fingerprint density at radius 1 is 1.07 bits per heavy atom. The van der Waals surface area contributed by atoms with E-state index in [2.05, 4.69) is 15.2 Å². The van der Waals surface area contributed by atoms with Crippen molar-refractivity contribution in [2.24, 2.45) is 0 Å². The minimum atomic E-state index is 0.0358. The molecule has 0 bridgehead atoms. The third-order valence-corrected chi connectivity index (χ3v) is 6.25. The summed E-state index contributed by atoms with van der Waals surface area (Å²) in [4.78, 5) is 21.5. The summed E-state index contributed by atoms with van der Waals surface area (Å²) < 4.78 is 1.65. The number of hydrogen-bond donors (Lipinski definition) is 0. The summed E-state index contributed by atoms with van der Waals surface area (Å²) in [5.74, 6) is 0. The normalized spacial score (nSPS) is 14.2. The molecule has 3 heterocycles. The molecule has 7 heteroatoms. The molecule has 136 valence electrons. The summed E-state index contributed by atoms with van der Waals surface area (Å²) in [6.07, 6.45) is 9.00. The van der Waals surface area contributed by atoms with Gasteiger partial charge in [0.15, 0.2) is 0 Å². The molecular formula is C20H19N5OS. The van der Waals surface area contributed by atoms with E-state index in [0.29, 0.717) is 6.54 Å². The second kappa shape index (κ2) is 6.74. The summed E-state index contributed by atoms with van der Waals surface area (Å²) >= 11 is 1.69. The molecule has 1 aromatic carbocycles. The quantitative estimate of drug-likeness (QED) is 0.514. The summed E-state index contributed by atoms with van der Waals surface area (Å²) in [5.41, 5.74) is 2.90. The number of aryl methyl sites for hydroxylation is 2. The smallest absolute Gasteiger partial charge is 0.262 e. The molecule has 0 fully saturated rings. The Morgan fingerprint density at radius 2 is 1.93 bits per heavy atom. The van der Waals surface area contributed by atoms with Gasteiger partial charge in [-0.2, -0.15) is 15.0 Å². The summed E-state index contributed by atoms with van der Waals surface area (Å²) in [5, 5.41) is 9.64. The number of aromatic nitrogens is 5. The molecule has 0 N–H and O–H groups in total. The molecule has 3 aromatic heterocycles. The summed E-state index contributed by atoms with van der Waals surface area (Å²) in [6, 6.07) is 9.75. The van der Waals surface area contributed by atoms with E-state index in [1.807, 2.05) is 30.3 Å². The van der Waals surface area contributed by atoms with Crippen LogP contribution in [0.1, 0.15) is 35.4 Å². The van der Waals surface area contributed by atoms with E-state index >= 15 is 0 Å². The van der Waals surface area contributed by atoms with E-state index in [0.717, 1.165) is 40.9 Å². The third kappa shape index (κ3) is 2.98. The van der Waals surface area contributed by atoms with Gasteiger partial charge in [0.1, 0.15) is 10.5 Å². The zero-order valence-electron chi connectivity index (χ0n) is 14.8. The molecule has 0 spiro atoms. The van der Waals surface area contributed by atoms with Gasteiger partial charge < -0.3 is 0 Å². The molecule has 4 aromatic rings. The predicted molar refractivity (Wildman–Crippen MR) is 106 cm³/mol. The van der Waals surface area contributed by atoms with Crippen LogP contribution in [0.4, 0.5) is 0 Å². The van der Waals surface area contributed by atoms with Crippen molar-refractivity contribution in [2.45, 2.75) is 38.6 Å². The second-order valence-corrected chi connectivity index (χ2v) is 7.97. The van der Waals surface area contributed by atoms with E-state index in [-0.39, 0.29) is 5.56 Å². The van der Waals surface area contributed by atoms with Gasteiger partial charge in [-0.15, -0.1) is 11.3 Å². The molecule has 0 saturated carbocycles. The largest absolute Gasteiger partial charge is 0.292 e. The van der Waals surface area contributed by atoms with Gasteiger partial charge >= 0.3 is 0 Å². The maximum Gasteiger partial charge on any atom is 0.262 e. The molecule has 0 amide bonds. The Kier molecular flexibility index (Phi) is 4.09. The molecule has 1 aliphatic carbocycles.